The molecule has 1 aromatic heterocycles. The summed E-state index contributed by atoms with van der Waals surface area (Å²) in [5, 5.41) is 7.65. The molecule has 0 atom stereocenters. The van der Waals surface area contributed by atoms with Gasteiger partial charge < -0.3 is 10.2 Å². The smallest absolute Gasteiger partial charge is 0.257 e. The highest BCUT2D eigenvalue weighted by molar-refractivity contribution is 5.95. The highest BCUT2D eigenvalue weighted by Gasteiger charge is 2.26. The first-order valence-electron chi connectivity index (χ1n) is 8.00. The van der Waals surface area contributed by atoms with Gasteiger partial charge in [0, 0.05) is 26.3 Å². The third kappa shape index (κ3) is 4.46. The Hall–Kier alpha value is -1.07. The summed E-state index contributed by atoms with van der Waals surface area (Å²) in [6.07, 6.45) is 5.31. The first-order valence-corrected chi connectivity index (χ1v) is 8.00. The van der Waals surface area contributed by atoms with Gasteiger partial charge in [-0.3, -0.25) is 9.48 Å². The molecule has 0 aromatic carbocycles. The van der Waals surface area contributed by atoms with Crippen molar-refractivity contribution >= 4 is 18.3 Å². The standard InChI is InChI=1S/C16H28N4O.ClH/c1-12(2)15-14(11-19(4)18-15)16(21)20-9-6-13(7-10-20)5-8-17-3;/h11-13,17H,5-10H2,1-4H3;1H. The minimum atomic E-state index is 0. The van der Waals surface area contributed by atoms with Crippen LogP contribution in [0.2, 0.25) is 0 Å². The zero-order chi connectivity index (χ0) is 15.4. The molecule has 2 heterocycles. The maximum atomic E-state index is 12.7. The number of hydrogen-bond donors (Lipinski definition) is 1. The fraction of sp³-hybridized carbons (Fsp3) is 0.750. The number of nitrogens with one attached hydrogen (secondary N) is 1. The molecule has 0 radical (unpaired) electrons. The van der Waals surface area contributed by atoms with Crippen molar-refractivity contribution in [3.8, 4) is 0 Å². The van der Waals surface area contributed by atoms with E-state index in [1.165, 1.54) is 6.42 Å². The van der Waals surface area contributed by atoms with Crippen LogP contribution in [0.25, 0.3) is 0 Å². The van der Waals surface area contributed by atoms with Crippen LogP contribution in [-0.2, 0) is 7.05 Å². The molecule has 5 nitrogen and oxygen atoms in total. The van der Waals surface area contributed by atoms with E-state index in [4.69, 9.17) is 0 Å². The van der Waals surface area contributed by atoms with Gasteiger partial charge in [0.05, 0.1) is 11.3 Å². The average Bonchev–Trinajstić information content (AvgIpc) is 2.87. The number of piperidine rings is 1. The number of hydrogen-bond acceptors (Lipinski definition) is 3. The Morgan fingerprint density at radius 1 is 1.41 bits per heavy atom. The van der Waals surface area contributed by atoms with Crippen LogP contribution in [0, 0.1) is 5.92 Å². The second kappa shape index (κ2) is 8.53. The highest BCUT2D eigenvalue weighted by atomic mass is 35.5. The van der Waals surface area contributed by atoms with E-state index in [1.54, 1.807) is 4.68 Å². The summed E-state index contributed by atoms with van der Waals surface area (Å²) in [5.41, 5.74) is 1.70. The van der Waals surface area contributed by atoms with E-state index in [0.717, 1.165) is 49.7 Å². The third-order valence-electron chi connectivity index (χ3n) is 4.34. The number of likely N-dealkylation sites (tertiary alicyclic amines) is 1. The van der Waals surface area contributed by atoms with Gasteiger partial charge in [0.15, 0.2) is 0 Å². The van der Waals surface area contributed by atoms with E-state index in [1.807, 2.05) is 25.2 Å². The molecule has 1 aliphatic rings. The lowest BCUT2D eigenvalue weighted by Crippen LogP contribution is -2.39. The van der Waals surface area contributed by atoms with E-state index in [0.29, 0.717) is 0 Å². The van der Waals surface area contributed by atoms with Gasteiger partial charge in [-0.2, -0.15) is 5.10 Å². The maximum Gasteiger partial charge on any atom is 0.257 e. The van der Waals surface area contributed by atoms with Gasteiger partial charge in [-0.25, -0.2) is 0 Å². The lowest BCUT2D eigenvalue weighted by Gasteiger charge is -2.32. The van der Waals surface area contributed by atoms with Gasteiger partial charge >= 0.3 is 0 Å². The van der Waals surface area contributed by atoms with Crippen LogP contribution in [0.4, 0.5) is 0 Å². The summed E-state index contributed by atoms with van der Waals surface area (Å²) in [5.74, 6) is 1.18. The van der Waals surface area contributed by atoms with Crippen molar-refractivity contribution in [2.45, 2.75) is 39.0 Å². The number of carbonyl (C=O) groups is 1. The van der Waals surface area contributed by atoms with Crippen LogP contribution in [-0.4, -0.2) is 47.3 Å². The highest BCUT2D eigenvalue weighted by Crippen LogP contribution is 2.24. The molecular formula is C16H29ClN4O. The molecule has 6 heteroatoms. The monoisotopic (exact) mass is 328 g/mol. The third-order valence-corrected chi connectivity index (χ3v) is 4.34. The molecule has 0 bridgehead atoms. The summed E-state index contributed by atoms with van der Waals surface area (Å²) in [4.78, 5) is 14.7. The Labute approximate surface area is 139 Å². The normalized spacial score (nSPS) is 16.0. The van der Waals surface area contributed by atoms with E-state index in [-0.39, 0.29) is 24.2 Å². The number of rotatable bonds is 5. The van der Waals surface area contributed by atoms with Crippen molar-refractivity contribution in [3.05, 3.63) is 17.5 Å². The molecule has 0 saturated carbocycles. The molecule has 0 unspecified atom stereocenters. The van der Waals surface area contributed by atoms with Gasteiger partial charge in [0.25, 0.3) is 5.91 Å². The van der Waals surface area contributed by atoms with Gasteiger partial charge in [-0.15, -0.1) is 12.4 Å². The van der Waals surface area contributed by atoms with Crippen LogP contribution in [0.15, 0.2) is 6.20 Å². The predicted octanol–water partition coefficient (Wildman–Crippen LogP) is 2.43. The van der Waals surface area contributed by atoms with E-state index in [9.17, 15) is 4.79 Å². The van der Waals surface area contributed by atoms with Crippen LogP contribution in [0.5, 0.6) is 0 Å². The van der Waals surface area contributed by atoms with Crippen molar-refractivity contribution in [3.63, 3.8) is 0 Å². The predicted molar refractivity (Wildman–Crippen MR) is 91.7 cm³/mol. The van der Waals surface area contributed by atoms with E-state index >= 15 is 0 Å². The van der Waals surface area contributed by atoms with Crippen molar-refractivity contribution < 1.29 is 4.79 Å². The van der Waals surface area contributed by atoms with E-state index < -0.39 is 0 Å². The topological polar surface area (TPSA) is 50.2 Å². The molecular weight excluding hydrogens is 300 g/mol. The first kappa shape index (κ1) is 19.0. The second-order valence-electron chi connectivity index (χ2n) is 6.38. The lowest BCUT2D eigenvalue weighted by molar-refractivity contribution is 0.0685. The van der Waals surface area contributed by atoms with Crippen LogP contribution in [0.3, 0.4) is 0 Å². The summed E-state index contributed by atoms with van der Waals surface area (Å²) < 4.78 is 1.75. The summed E-state index contributed by atoms with van der Waals surface area (Å²) >= 11 is 0. The largest absolute Gasteiger partial charge is 0.339 e. The number of halogens is 1. The van der Waals surface area contributed by atoms with Gasteiger partial charge in [-0.05, 0) is 44.7 Å². The molecule has 1 aromatic rings. The Morgan fingerprint density at radius 2 is 2.05 bits per heavy atom. The molecule has 2 rings (SSSR count). The molecule has 22 heavy (non-hydrogen) atoms. The fourth-order valence-corrected chi connectivity index (χ4v) is 3.04. The number of aromatic nitrogens is 2. The molecule has 1 N–H and O–H groups in total. The fourth-order valence-electron chi connectivity index (χ4n) is 3.04. The van der Waals surface area contributed by atoms with E-state index in [2.05, 4.69) is 24.3 Å². The number of nitrogens with zero attached hydrogens (tertiary/aromatic N) is 3. The van der Waals surface area contributed by atoms with Crippen LogP contribution < -0.4 is 5.32 Å². The molecule has 1 aliphatic heterocycles. The zero-order valence-electron chi connectivity index (χ0n) is 14.1. The minimum Gasteiger partial charge on any atom is -0.339 e. The minimum absolute atomic E-state index is 0. The molecule has 1 amide bonds. The number of aryl methyl sites for hydroxylation is 1. The lowest BCUT2D eigenvalue weighted by atomic mass is 9.93. The van der Waals surface area contributed by atoms with Gasteiger partial charge in [0.2, 0.25) is 0 Å². The summed E-state index contributed by atoms with van der Waals surface area (Å²) in [6.45, 7) is 6.99. The Balaban J connectivity index is 0.00000242. The molecule has 0 aliphatic carbocycles. The van der Waals surface area contributed by atoms with Crippen LogP contribution >= 0.6 is 12.4 Å². The van der Waals surface area contributed by atoms with Crippen molar-refractivity contribution in [2.24, 2.45) is 13.0 Å². The Bertz CT molecular complexity index is 478. The molecule has 126 valence electrons. The van der Waals surface area contributed by atoms with Crippen LogP contribution in [0.1, 0.15) is 55.1 Å². The second-order valence-corrected chi connectivity index (χ2v) is 6.38. The summed E-state index contributed by atoms with van der Waals surface area (Å²) in [6, 6.07) is 0. The van der Waals surface area contributed by atoms with Gasteiger partial charge in [0.1, 0.15) is 0 Å². The zero-order valence-corrected chi connectivity index (χ0v) is 14.9. The van der Waals surface area contributed by atoms with Crippen molar-refractivity contribution in [1.82, 2.24) is 20.0 Å². The Morgan fingerprint density at radius 3 is 2.59 bits per heavy atom. The maximum absolute atomic E-state index is 12.7. The van der Waals surface area contributed by atoms with Crippen molar-refractivity contribution in [1.29, 1.82) is 0 Å². The first-order chi connectivity index (χ1) is 10.0. The average molecular weight is 329 g/mol. The van der Waals surface area contributed by atoms with Gasteiger partial charge in [-0.1, -0.05) is 13.8 Å². The SMILES string of the molecule is CNCCC1CCN(C(=O)c2cn(C)nc2C(C)C)CC1.Cl. The number of carbonyl (C=O) groups excluding carboxylic acids is 1. The molecule has 1 saturated heterocycles. The molecule has 1 fully saturated rings. The Kier molecular flexibility index (Phi) is 7.36. The summed E-state index contributed by atoms with van der Waals surface area (Å²) in [7, 11) is 3.88. The quantitative estimate of drug-likeness (QED) is 0.903. The molecule has 0 spiro atoms. The number of amides is 1. The van der Waals surface area contributed by atoms with Crippen molar-refractivity contribution in [2.75, 3.05) is 26.7 Å².